The molecule has 0 unspecified atom stereocenters. The minimum absolute atomic E-state index is 0.397. The van der Waals surface area contributed by atoms with Gasteiger partial charge in [0.15, 0.2) is 0 Å². The predicted octanol–water partition coefficient (Wildman–Crippen LogP) is 6.61. The van der Waals surface area contributed by atoms with Crippen molar-refractivity contribution in [1.82, 2.24) is 0 Å². The summed E-state index contributed by atoms with van der Waals surface area (Å²) in [6.45, 7) is 13.0. The number of hydrogen-bond donors (Lipinski definition) is 0. The van der Waals surface area contributed by atoms with Crippen molar-refractivity contribution in [2.75, 3.05) is 0 Å². The molecule has 3 rings (SSSR count). The molecule has 0 amide bonds. The van der Waals surface area contributed by atoms with Crippen LogP contribution in [0.3, 0.4) is 0 Å². The summed E-state index contributed by atoms with van der Waals surface area (Å²) < 4.78 is 16.1. The molecule has 0 saturated carbocycles. The highest BCUT2D eigenvalue weighted by Gasteiger charge is 2.31. The van der Waals surface area contributed by atoms with Gasteiger partial charge in [-0.15, -0.1) is 0 Å². The topological polar surface area (TPSA) is 27.7 Å². The van der Waals surface area contributed by atoms with Crippen molar-refractivity contribution in [3.63, 3.8) is 0 Å². The first-order valence-corrected chi connectivity index (χ1v) is 9.26. The molecule has 0 bridgehead atoms. The molecule has 146 valence electrons. The van der Waals surface area contributed by atoms with Gasteiger partial charge in [-0.25, -0.2) is 0 Å². The lowest BCUT2D eigenvalue weighted by Crippen LogP contribution is -2.25. The zero-order valence-electron chi connectivity index (χ0n) is 16.5. The van der Waals surface area contributed by atoms with Gasteiger partial charge in [0, 0.05) is 5.41 Å². The highest BCUT2D eigenvalue weighted by Crippen LogP contribution is 2.40. The molecule has 0 aliphatic heterocycles. The summed E-state index contributed by atoms with van der Waals surface area (Å²) in [6.07, 6.45) is 4.26. The van der Waals surface area contributed by atoms with Gasteiger partial charge in [-0.1, -0.05) is 56.1 Å². The Morgan fingerprint density at radius 2 is 0.759 bits per heavy atom. The quantitative estimate of drug-likeness (QED) is 0.307. The third kappa shape index (κ3) is 4.25. The van der Waals surface area contributed by atoms with Gasteiger partial charge in [-0.2, -0.15) is 0 Å². The van der Waals surface area contributed by atoms with Crippen LogP contribution in [-0.4, -0.2) is 0 Å². The molecule has 3 heteroatoms. The Labute approximate surface area is 172 Å². The van der Waals surface area contributed by atoms with Crippen LogP contribution in [0, 0.1) is 0 Å². The molecule has 0 aliphatic carbocycles. The zero-order chi connectivity index (χ0) is 20.7. The van der Waals surface area contributed by atoms with Crippen LogP contribution in [0.25, 0.3) is 0 Å². The van der Waals surface area contributed by atoms with Crippen LogP contribution in [0.15, 0.2) is 111 Å². The van der Waals surface area contributed by atoms with Crippen molar-refractivity contribution in [3.05, 3.63) is 128 Å². The normalized spacial score (nSPS) is 10.7. The molecule has 0 radical (unpaired) electrons. The Morgan fingerprint density at radius 1 is 0.517 bits per heavy atom. The Morgan fingerprint density at radius 3 is 0.966 bits per heavy atom. The fourth-order valence-electron chi connectivity index (χ4n) is 3.39. The van der Waals surface area contributed by atoms with E-state index in [0.717, 1.165) is 33.9 Å². The summed E-state index contributed by atoms with van der Waals surface area (Å²) in [5.41, 5.74) is 2.99. The van der Waals surface area contributed by atoms with Crippen molar-refractivity contribution in [2.45, 2.75) is 12.3 Å². The van der Waals surface area contributed by atoms with Crippen molar-refractivity contribution in [1.29, 1.82) is 0 Å². The second kappa shape index (κ2) is 8.98. The molecular formula is C26H24O3. The van der Waals surface area contributed by atoms with Crippen molar-refractivity contribution in [3.8, 4) is 17.2 Å². The minimum Gasteiger partial charge on any atom is -0.466 e. The standard InChI is InChI=1S/C26H24O3/c1-5-27-23-14-8-20(9-15-23)26(4,21-10-16-24(17-11-21)28-6-2)22-12-18-25(19-13-22)29-7-3/h5-19H,1-3H2,4H3. The highest BCUT2D eigenvalue weighted by atomic mass is 16.5. The van der Waals surface area contributed by atoms with E-state index in [1.54, 1.807) is 0 Å². The zero-order valence-corrected chi connectivity index (χ0v) is 16.5. The van der Waals surface area contributed by atoms with Crippen molar-refractivity contribution >= 4 is 0 Å². The summed E-state index contributed by atoms with van der Waals surface area (Å²) in [4.78, 5) is 0. The summed E-state index contributed by atoms with van der Waals surface area (Å²) in [5.74, 6) is 2.24. The summed E-state index contributed by atoms with van der Waals surface area (Å²) in [5, 5.41) is 0. The maximum Gasteiger partial charge on any atom is 0.126 e. The Hall–Kier alpha value is -3.72. The smallest absolute Gasteiger partial charge is 0.126 e. The van der Waals surface area contributed by atoms with Crippen LogP contribution in [0.5, 0.6) is 17.2 Å². The van der Waals surface area contributed by atoms with E-state index in [1.165, 1.54) is 18.8 Å². The fraction of sp³-hybridized carbons (Fsp3) is 0.0769. The molecule has 3 aromatic carbocycles. The maximum atomic E-state index is 5.38. The lowest BCUT2D eigenvalue weighted by molar-refractivity contribution is 0.482. The van der Waals surface area contributed by atoms with Gasteiger partial charge in [0.1, 0.15) is 17.2 Å². The first kappa shape index (κ1) is 20.0. The Bertz CT molecular complexity index is 838. The molecule has 0 heterocycles. The Balaban J connectivity index is 2.10. The number of ether oxygens (including phenoxy) is 3. The van der Waals surface area contributed by atoms with E-state index in [9.17, 15) is 0 Å². The predicted molar refractivity (Wildman–Crippen MR) is 117 cm³/mol. The third-order valence-electron chi connectivity index (χ3n) is 4.95. The van der Waals surface area contributed by atoms with Gasteiger partial charge >= 0.3 is 0 Å². The summed E-state index contributed by atoms with van der Waals surface area (Å²) >= 11 is 0. The highest BCUT2D eigenvalue weighted by molar-refractivity contribution is 5.52. The molecule has 0 N–H and O–H groups in total. The summed E-state index contributed by atoms with van der Waals surface area (Å²) in [7, 11) is 0. The molecule has 0 fully saturated rings. The average Bonchev–Trinajstić information content (AvgIpc) is 2.75. The molecule has 0 atom stereocenters. The van der Waals surface area contributed by atoms with E-state index in [0.29, 0.717) is 0 Å². The second-order valence-corrected chi connectivity index (χ2v) is 6.55. The Kier molecular flexibility index (Phi) is 6.20. The van der Waals surface area contributed by atoms with Crippen molar-refractivity contribution < 1.29 is 14.2 Å². The van der Waals surface area contributed by atoms with Crippen molar-refractivity contribution in [2.24, 2.45) is 0 Å². The SMILES string of the molecule is C=COc1ccc(C(C)(c2ccc(OC=C)cc2)c2ccc(OC=C)cc2)cc1. The first-order valence-electron chi connectivity index (χ1n) is 9.26. The second-order valence-electron chi connectivity index (χ2n) is 6.55. The van der Waals surface area contributed by atoms with E-state index in [2.05, 4.69) is 63.1 Å². The van der Waals surface area contributed by atoms with Crippen LogP contribution >= 0.6 is 0 Å². The molecule has 29 heavy (non-hydrogen) atoms. The van der Waals surface area contributed by atoms with E-state index < -0.39 is 5.41 Å². The minimum atomic E-state index is -0.397. The largest absolute Gasteiger partial charge is 0.466 e. The van der Waals surface area contributed by atoms with Gasteiger partial charge in [0.05, 0.1) is 18.8 Å². The average molecular weight is 384 g/mol. The first-order chi connectivity index (χ1) is 14.1. The van der Waals surface area contributed by atoms with E-state index in [-0.39, 0.29) is 0 Å². The van der Waals surface area contributed by atoms with Gasteiger partial charge in [-0.05, 0) is 60.0 Å². The molecule has 0 spiro atoms. The lowest BCUT2D eigenvalue weighted by Gasteiger charge is -2.32. The van der Waals surface area contributed by atoms with Gasteiger partial charge in [0.25, 0.3) is 0 Å². The molecule has 3 aromatic rings. The van der Waals surface area contributed by atoms with Crippen LogP contribution in [0.1, 0.15) is 23.6 Å². The van der Waals surface area contributed by atoms with Gasteiger partial charge in [-0.3, -0.25) is 0 Å². The molecule has 0 aromatic heterocycles. The number of hydrogen-bond acceptors (Lipinski definition) is 3. The van der Waals surface area contributed by atoms with Crippen LogP contribution in [-0.2, 0) is 5.41 Å². The van der Waals surface area contributed by atoms with E-state index >= 15 is 0 Å². The van der Waals surface area contributed by atoms with Gasteiger partial charge < -0.3 is 14.2 Å². The fourth-order valence-corrected chi connectivity index (χ4v) is 3.39. The van der Waals surface area contributed by atoms with Crippen LogP contribution in [0.4, 0.5) is 0 Å². The van der Waals surface area contributed by atoms with Crippen LogP contribution in [0.2, 0.25) is 0 Å². The molecular weight excluding hydrogens is 360 g/mol. The number of benzene rings is 3. The van der Waals surface area contributed by atoms with Gasteiger partial charge in [0.2, 0.25) is 0 Å². The number of rotatable bonds is 9. The molecule has 3 nitrogen and oxygen atoms in total. The lowest BCUT2D eigenvalue weighted by atomic mass is 9.71. The van der Waals surface area contributed by atoms with Crippen LogP contribution < -0.4 is 14.2 Å². The summed E-state index contributed by atoms with van der Waals surface area (Å²) in [6, 6.07) is 24.1. The van der Waals surface area contributed by atoms with E-state index in [4.69, 9.17) is 14.2 Å². The third-order valence-corrected chi connectivity index (χ3v) is 4.95. The van der Waals surface area contributed by atoms with E-state index in [1.807, 2.05) is 36.4 Å². The molecule has 0 aliphatic rings. The maximum absolute atomic E-state index is 5.38. The molecule has 0 saturated heterocycles. The monoisotopic (exact) mass is 384 g/mol.